The first-order valence-electron chi connectivity index (χ1n) is 9.22. The molecule has 0 bridgehead atoms. The molecule has 13 heteroatoms. The summed E-state index contributed by atoms with van der Waals surface area (Å²) in [7, 11) is -3.30. The van der Waals surface area contributed by atoms with Crippen LogP contribution in [0.3, 0.4) is 0 Å². The van der Waals surface area contributed by atoms with Crippen molar-refractivity contribution in [3.63, 3.8) is 0 Å². The maximum absolute atomic E-state index is 8.88. The molecule has 3 N–H and O–H groups in total. The molecular weight excluding hydrogens is 415 g/mol. The van der Waals surface area contributed by atoms with Gasteiger partial charge in [-0.05, 0) is 21.5 Å². The van der Waals surface area contributed by atoms with Gasteiger partial charge in [-0.1, -0.05) is 52.5 Å². The minimum atomic E-state index is -4.64. The lowest BCUT2D eigenvalue weighted by Gasteiger charge is -2.13. The summed E-state index contributed by atoms with van der Waals surface area (Å²) >= 11 is 0. The zero-order chi connectivity index (χ0) is 22.4. The van der Waals surface area contributed by atoms with Crippen molar-refractivity contribution in [2.75, 3.05) is 33.5 Å². The lowest BCUT2D eigenvalue weighted by atomic mass is 10.1. The zero-order valence-corrected chi connectivity index (χ0v) is 18.2. The second kappa shape index (κ2) is 22.1. The van der Waals surface area contributed by atoms with Gasteiger partial charge in [-0.2, -0.15) is 4.89 Å². The fourth-order valence-corrected chi connectivity index (χ4v) is 1.65. The molecule has 0 aliphatic carbocycles. The molecular formula is C16H35O12P. The Balaban J connectivity index is 0. The summed E-state index contributed by atoms with van der Waals surface area (Å²) < 4.78 is 14.2. The monoisotopic (exact) mass is 450 g/mol. The van der Waals surface area contributed by atoms with Crippen LogP contribution in [0.15, 0.2) is 12.3 Å². The molecule has 0 aliphatic heterocycles. The van der Waals surface area contributed by atoms with Gasteiger partial charge in [-0.25, -0.2) is 14.3 Å². The highest BCUT2D eigenvalue weighted by atomic mass is 31.2. The Kier molecular flexibility index (Phi) is 23.3. The third kappa shape index (κ3) is 32.3. The van der Waals surface area contributed by atoms with E-state index in [2.05, 4.69) is 33.5 Å². The molecule has 0 aromatic carbocycles. The summed E-state index contributed by atoms with van der Waals surface area (Å²) in [6.45, 7) is 9.15. The van der Waals surface area contributed by atoms with Crippen LogP contribution in [0.25, 0.3) is 0 Å². The van der Waals surface area contributed by atoms with Crippen LogP contribution in [0, 0.1) is 5.92 Å². The topological polar surface area (TPSA) is 152 Å². The Morgan fingerprint density at radius 3 is 2.07 bits per heavy atom. The minimum Gasteiger partial charge on any atom is -0.378 e. The molecule has 29 heavy (non-hydrogen) atoms. The van der Waals surface area contributed by atoms with E-state index in [4.69, 9.17) is 38.6 Å². The van der Waals surface area contributed by atoms with Crippen LogP contribution < -0.4 is 0 Å². The second-order valence-corrected chi connectivity index (χ2v) is 6.85. The van der Waals surface area contributed by atoms with Gasteiger partial charge in [0.1, 0.15) is 12.4 Å². The van der Waals surface area contributed by atoms with Crippen molar-refractivity contribution in [1.82, 2.24) is 0 Å². The summed E-state index contributed by atoms with van der Waals surface area (Å²) in [6.07, 6.45) is 7.09. The molecule has 1 atom stereocenters. The Morgan fingerprint density at radius 1 is 0.931 bits per heavy atom. The number of unbranched alkanes of at least 4 members (excludes halogenated alkanes) is 5. The molecule has 0 radical (unpaired) electrons. The minimum absolute atomic E-state index is 0.0574. The maximum atomic E-state index is 8.88. The van der Waals surface area contributed by atoms with E-state index in [0.29, 0.717) is 25.6 Å². The first-order chi connectivity index (χ1) is 13.7. The van der Waals surface area contributed by atoms with Gasteiger partial charge in [0.05, 0.1) is 26.9 Å². The largest absolute Gasteiger partial charge is 0.466 e. The Hall–Kier alpha value is -0.630. The molecule has 0 saturated carbocycles. The van der Waals surface area contributed by atoms with E-state index < -0.39 is 7.82 Å². The van der Waals surface area contributed by atoms with Crippen molar-refractivity contribution in [3.8, 4) is 0 Å². The average Bonchev–Trinajstić information content (AvgIpc) is 2.64. The maximum Gasteiger partial charge on any atom is 0.466 e. The second-order valence-electron chi connectivity index (χ2n) is 5.82. The summed E-state index contributed by atoms with van der Waals surface area (Å²) in [5, 5.41) is 13.1. The normalized spacial score (nSPS) is 12.2. The number of hydrogen-bond acceptors (Lipinski definition) is 9. The van der Waals surface area contributed by atoms with Gasteiger partial charge < -0.3 is 24.3 Å². The van der Waals surface area contributed by atoms with Crippen LogP contribution in [0.2, 0.25) is 0 Å². The number of ether oxygens (including phenoxy) is 1. The summed E-state index contributed by atoms with van der Waals surface area (Å²) in [4.78, 5) is 40.1. The highest BCUT2D eigenvalue weighted by molar-refractivity contribution is 7.45. The number of hydrogen-bond donors (Lipinski definition) is 3. The predicted molar refractivity (Wildman–Crippen MR) is 100 cm³/mol. The third-order valence-electron chi connectivity index (χ3n) is 3.14. The third-order valence-corrected chi connectivity index (χ3v) is 3.14. The molecule has 0 saturated heterocycles. The number of rotatable bonds is 19. The van der Waals surface area contributed by atoms with Gasteiger partial charge in [0.25, 0.3) is 0 Å². The van der Waals surface area contributed by atoms with Gasteiger partial charge >= 0.3 is 7.82 Å². The predicted octanol–water partition coefficient (Wildman–Crippen LogP) is 2.91. The van der Waals surface area contributed by atoms with Crippen LogP contribution in [0.1, 0.15) is 52.4 Å². The van der Waals surface area contributed by atoms with Crippen molar-refractivity contribution in [3.05, 3.63) is 12.3 Å². The van der Waals surface area contributed by atoms with Gasteiger partial charge in [0, 0.05) is 5.92 Å². The molecule has 0 heterocycles. The quantitative estimate of drug-likeness (QED) is 0.0872. The van der Waals surface area contributed by atoms with E-state index in [1.54, 1.807) is 0 Å². The van der Waals surface area contributed by atoms with Crippen molar-refractivity contribution in [1.29, 1.82) is 0 Å². The van der Waals surface area contributed by atoms with Crippen molar-refractivity contribution in [2.45, 2.75) is 52.4 Å². The van der Waals surface area contributed by atoms with E-state index in [0.717, 1.165) is 12.8 Å². The zero-order valence-electron chi connectivity index (χ0n) is 17.3. The van der Waals surface area contributed by atoms with Crippen molar-refractivity contribution < 1.29 is 58.6 Å². The molecule has 0 rings (SSSR count). The molecule has 0 spiro atoms. The standard InChI is InChI=1S/C16H32O8.H3O4P/c1-5-6-7-8-9-10-11-19-23-24-20-13-12-18-14-15(2)16(3)21-22-17-4;1-5(2,3)4/h15H,3,5-14H2,1-2,4H3;(H3,1,2,3,4). The van der Waals surface area contributed by atoms with E-state index in [-0.39, 0.29) is 12.5 Å². The summed E-state index contributed by atoms with van der Waals surface area (Å²) in [5.74, 6) is 0.346. The Labute approximate surface area is 171 Å². The van der Waals surface area contributed by atoms with Crippen LogP contribution in [0.5, 0.6) is 0 Å². The fourth-order valence-electron chi connectivity index (χ4n) is 1.65. The SMILES string of the molecule is C=C(OOOC)C(C)COCCOOOOCCCCCCCC.O=P(O)(O)O. The van der Waals surface area contributed by atoms with Crippen LogP contribution in [-0.4, -0.2) is 48.2 Å². The van der Waals surface area contributed by atoms with Crippen molar-refractivity contribution >= 4 is 7.82 Å². The lowest BCUT2D eigenvalue weighted by Crippen LogP contribution is -2.13. The van der Waals surface area contributed by atoms with Gasteiger partial charge in [-0.3, -0.25) is 0 Å². The Morgan fingerprint density at radius 2 is 1.48 bits per heavy atom. The molecule has 176 valence electrons. The molecule has 0 aromatic heterocycles. The van der Waals surface area contributed by atoms with Crippen LogP contribution in [0.4, 0.5) is 0 Å². The molecule has 0 amide bonds. The molecule has 1 unspecified atom stereocenters. The average molecular weight is 450 g/mol. The van der Waals surface area contributed by atoms with Gasteiger partial charge in [0.15, 0.2) is 0 Å². The summed E-state index contributed by atoms with van der Waals surface area (Å²) in [5.41, 5.74) is 0. The highest BCUT2D eigenvalue weighted by Crippen LogP contribution is 2.25. The highest BCUT2D eigenvalue weighted by Gasteiger charge is 2.09. The van der Waals surface area contributed by atoms with Crippen LogP contribution in [-0.2, 0) is 44.0 Å². The molecule has 0 aromatic rings. The number of phosphoric acid groups is 1. The van der Waals surface area contributed by atoms with E-state index >= 15 is 0 Å². The van der Waals surface area contributed by atoms with Crippen LogP contribution >= 0.6 is 7.82 Å². The summed E-state index contributed by atoms with van der Waals surface area (Å²) in [6, 6.07) is 0. The van der Waals surface area contributed by atoms with Gasteiger partial charge in [0.2, 0.25) is 0 Å². The molecule has 0 fully saturated rings. The Bertz CT molecular complexity index is 395. The molecule has 12 nitrogen and oxygen atoms in total. The smallest absolute Gasteiger partial charge is 0.378 e. The molecule has 0 aliphatic rings. The van der Waals surface area contributed by atoms with Crippen molar-refractivity contribution in [2.24, 2.45) is 5.92 Å². The van der Waals surface area contributed by atoms with E-state index in [1.807, 2.05) is 6.92 Å². The first-order valence-corrected chi connectivity index (χ1v) is 10.8. The lowest BCUT2D eigenvalue weighted by molar-refractivity contribution is -0.634. The fraction of sp³-hybridized carbons (Fsp3) is 0.875. The van der Waals surface area contributed by atoms with E-state index in [1.165, 1.54) is 32.8 Å². The first kappa shape index (κ1) is 30.6. The van der Waals surface area contributed by atoms with E-state index in [9.17, 15) is 0 Å². The van der Waals surface area contributed by atoms with Gasteiger partial charge in [-0.15, -0.1) is 0 Å².